The second-order valence-corrected chi connectivity index (χ2v) is 10.2. The molecule has 38 heavy (non-hydrogen) atoms. The minimum atomic E-state index is -0.273. The van der Waals surface area contributed by atoms with Gasteiger partial charge in [-0.05, 0) is 48.2 Å². The number of aromatic nitrogens is 2. The lowest BCUT2D eigenvalue weighted by molar-refractivity contribution is -0.122. The predicted molar refractivity (Wildman–Crippen MR) is 149 cm³/mol. The van der Waals surface area contributed by atoms with Crippen LogP contribution in [-0.2, 0) is 11.3 Å². The van der Waals surface area contributed by atoms with Crippen molar-refractivity contribution in [1.29, 1.82) is 0 Å². The van der Waals surface area contributed by atoms with Crippen LogP contribution in [0.2, 0.25) is 5.02 Å². The van der Waals surface area contributed by atoms with E-state index < -0.39 is 0 Å². The van der Waals surface area contributed by atoms with Crippen LogP contribution in [0.15, 0.2) is 73.1 Å². The van der Waals surface area contributed by atoms with Crippen LogP contribution in [0.1, 0.15) is 42.0 Å². The molecule has 198 valence electrons. The average Bonchev–Trinajstić information content (AvgIpc) is 3.35. The van der Waals surface area contributed by atoms with Gasteiger partial charge in [0.25, 0.3) is 0 Å². The minimum Gasteiger partial charge on any atom is -0.497 e. The van der Waals surface area contributed by atoms with E-state index in [0.717, 1.165) is 49.4 Å². The quantitative estimate of drug-likeness (QED) is 0.316. The molecule has 1 fully saturated rings. The highest BCUT2D eigenvalue weighted by atomic mass is 35.5. The first-order valence-corrected chi connectivity index (χ1v) is 13.3. The Labute approximate surface area is 228 Å². The largest absolute Gasteiger partial charge is 0.497 e. The second-order valence-electron chi connectivity index (χ2n) is 9.76. The third-order valence-electron chi connectivity index (χ3n) is 7.22. The number of nitrogens with one attached hydrogen (secondary N) is 1. The van der Waals surface area contributed by atoms with Crippen LogP contribution in [0, 0.1) is 0 Å². The first-order valence-electron chi connectivity index (χ1n) is 12.9. The molecule has 0 saturated carbocycles. The molecule has 3 heterocycles. The van der Waals surface area contributed by atoms with Crippen molar-refractivity contribution in [3.63, 3.8) is 0 Å². The predicted octanol–water partition coefficient (Wildman–Crippen LogP) is 5.31. The number of piperidine rings is 1. The molecule has 1 unspecified atom stereocenters. The van der Waals surface area contributed by atoms with Crippen LogP contribution >= 0.6 is 11.6 Å². The van der Waals surface area contributed by atoms with Gasteiger partial charge in [-0.2, -0.15) is 0 Å². The normalized spacial score (nSPS) is 15.3. The van der Waals surface area contributed by atoms with E-state index in [1.54, 1.807) is 14.2 Å². The highest BCUT2D eigenvalue weighted by molar-refractivity contribution is 6.30. The van der Waals surface area contributed by atoms with Gasteiger partial charge < -0.3 is 19.2 Å². The van der Waals surface area contributed by atoms with Gasteiger partial charge in [0, 0.05) is 56.5 Å². The summed E-state index contributed by atoms with van der Waals surface area (Å²) in [5.41, 5.74) is 3.89. The Morgan fingerprint density at radius 2 is 1.76 bits per heavy atom. The fourth-order valence-corrected chi connectivity index (χ4v) is 5.36. The lowest BCUT2D eigenvalue weighted by Gasteiger charge is -2.32. The number of hydrogen-bond donors (Lipinski definition) is 1. The zero-order chi connectivity index (χ0) is 26.5. The van der Waals surface area contributed by atoms with Gasteiger partial charge in [0.2, 0.25) is 5.91 Å². The molecule has 0 aliphatic carbocycles. The standard InChI is InChI=1S/C30H33ClN4O3/c1-37-25-14-22(15-26(16-25)38-2)27(28-18-32-29-9-8-23(31)20-35(28)29)17-30(36)33-24-10-12-34(13-11-24)19-21-6-4-3-5-7-21/h3-9,14-16,18,20,24,27H,10-13,17,19H2,1-2H3,(H,33,36). The van der Waals surface area contributed by atoms with Crippen molar-refractivity contribution in [2.45, 2.75) is 37.8 Å². The maximum atomic E-state index is 13.4. The number of nitrogens with zero attached hydrogens (tertiary/aromatic N) is 3. The number of amides is 1. The molecule has 2 aromatic heterocycles. The molecule has 2 aromatic carbocycles. The van der Waals surface area contributed by atoms with Gasteiger partial charge in [0.05, 0.1) is 24.9 Å². The molecule has 0 radical (unpaired) electrons. The summed E-state index contributed by atoms with van der Waals surface area (Å²) in [6, 6.07) is 20.1. The number of fused-ring (bicyclic) bond motifs is 1. The van der Waals surface area contributed by atoms with E-state index in [0.29, 0.717) is 16.5 Å². The maximum absolute atomic E-state index is 13.4. The Bertz CT molecular complexity index is 1360. The molecule has 1 N–H and O–H groups in total. The topological polar surface area (TPSA) is 68.1 Å². The van der Waals surface area contributed by atoms with Gasteiger partial charge in [-0.15, -0.1) is 0 Å². The number of methoxy groups -OCH3 is 2. The van der Waals surface area contributed by atoms with Gasteiger partial charge >= 0.3 is 0 Å². The van der Waals surface area contributed by atoms with Gasteiger partial charge in [-0.25, -0.2) is 4.98 Å². The van der Waals surface area contributed by atoms with Crippen molar-refractivity contribution in [3.05, 3.63) is 94.9 Å². The number of rotatable bonds is 9. The molecule has 8 heteroatoms. The van der Waals surface area contributed by atoms with Crippen LogP contribution < -0.4 is 14.8 Å². The van der Waals surface area contributed by atoms with Crippen LogP contribution in [0.5, 0.6) is 11.5 Å². The smallest absolute Gasteiger partial charge is 0.221 e. The van der Waals surface area contributed by atoms with E-state index >= 15 is 0 Å². The Kier molecular flexibility index (Phi) is 8.15. The van der Waals surface area contributed by atoms with Crippen LogP contribution in [0.4, 0.5) is 0 Å². The van der Waals surface area contributed by atoms with Crippen molar-refractivity contribution in [3.8, 4) is 11.5 Å². The van der Waals surface area contributed by atoms with Gasteiger partial charge in [-0.3, -0.25) is 9.69 Å². The molecule has 0 bridgehead atoms. The van der Waals surface area contributed by atoms with E-state index in [1.165, 1.54) is 5.56 Å². The fraction of sp³-hybridized carbons (Fsp3) is 0.333. The zero-order valence-corrected chi connectivity index (χ0v) is 22.5. The Balaban J connectivity index is 1.33. The second kappa shape index (κ2) is 11.9. The van der Waals surface area contributed by atoms with Crippen molar-refractivity contribution < 1.29 is 14.3 Å². The monoisotopic (exact) mass is 532 g/mol. The SMILES string of the molecule is COc1cc(OC)cc(C(CC(=O)NC2CCN(Cc3ccccc3)CC2)c2cnc3ccc(Cl)cn23)c1. The van der Waals surface area contributed by atoms with E-state index in [4.69, 9.17) is 21.1 Å². The molecular formula is C30H33ClN4O3. The number of carbonyl (C=O) groups excluding carboxylic acids is 1. The van der Waals surface area contributed by atoms with Crippen molar-refractivity contribution in [2.24, 2.45) is 0 Å². The summed E-state index contributed by atoms with van der Waals surface area (Å²) >= 11 is 6.32. The minimum absolute atomic E-state index is 0.00951. The summed E-state index contributed by atoms with van der Waals surface area (Å²) in [6.07, 6.45) is 5.78. The highest BCUT2D eigenvalue weighted by Crippen LogP contribution is 2.34. The number of ether oxygens (including phenoxy) is 2. The number of imidazole rings is 1. The Hall–Kier alpha value is -3.55. The third kappa shape index (κ3) is 6.11. The van der Waals surface area contributed by atoms with E-state index in [9.17, 15) is 4.79 Å². The zero-order valence-electron chi connectivity index (χ0n) is 21.8. The molecule has 1 aliphatic rings. The van der Waals surface area contributed by atoms with Gasteiger partial charge in [-0.1, -0.05) is 41.9 Å². The molecule has 5 rings (SSSR count). The molecular weight excluding hydrogens is 500 g/mol. The van der Waals surface area contributed by atoms with E-state index in [1.807, 2.05) is 53.2 Å². The summed E-state index contributed by atoms with van der Waals surface area (Å²) < 4.78 is 13.0. The molecule has 4 aromatic rings. The van der Waals surface area contributed by atoms with E-state index in [2.05, 4.69) is 39.5 Å². The number of carbonyl (C=O) groups is 1. The highest BCUT2D eigenvalue weighted by Gasteiger charge is 2.26. The molecule has 0 spiro atoms. The summed E-state index contributed by atoms with van der Waals surface area (Å²) in [5, 5.41) is 3.90. The lowest BCUT2D eigenvalue weighted by atomic mass is 9.91. The summed E-state index contributed by atoms with van der Waals surface area (Å²) in [5.74, 6) is 1.07. The summed E-state index contributed by atoms with van der Waals surface area (Å²) in [7, 11) is 3.25. The van der Waals surface area contributed by atoms with Crippen molar-refractivity contribution in [2.75, 3.05) is 27.3 Å². The Morgan fingerprint density at radius 1 is 1.05 bits per heavy atom. The first-order chi connectivity index (χ1) is 18.5. The van der Waals surface area contributed by atoms with Crippen LogP contribution in [0.3, 0.4) is 0 Å². The molecule has 1 saturated heterocycles. The molecule has 1 aliphatic heterocycles. The van der Waals surface area contributed by atoms with Gasteiger partial charge in [0.1, 0.15) is 17.1 Å². The molecule has 1 atom stereocenters. The summed E-state index contributed by atoms with van der Waals surface area (Å²) in [4.78, 5) is 20.4. The van der Waals surface area contributed by atoms with Gasteiger partial charge in [0.15, 0.2) is 0 Å². The molecule has 1 amide bonds. The number of hydrogen-bond acceptors (Lipinski definition) is 5. The average molecular weight is 533 g/mol. The summed E-state index contributed by atoms with van der Waals surface area (Å²) in [6.45, 7) is 2.86. The number of pyridine rings is 1. The third-order valence-corrected chi connectivity index (χ3v) is 7.45. The number of likely N-dealkylation sites (tertiary alicyclic amines) is 1. The first kappa shape index (κ1) is 26.1. The maximum Gasteiger partial charge on any atom is 0.221 e. The van der Waals surface area contributed by atoms with E-state index in [-0.39, 0.29) is 24.3 Å². The fourth-order valence-electron chi connectivity index (χ4n) is 5.20. The lowest BCUT2D eigenvalue weighted by Crippen LogP contribution is -2.44. The van der Waals surface area contributed by atoms with Crippen LogP contribution in [-0.4, -0.2) is 53.5 Å². The number of benzene rings is 2. The number of halogens is 1. The van der Waals surface area contributed by atoms with Crippen molar-refractivity contribution in [1.82, 2.24) is 19.6 Å². The van der Waals surface area contributed by atoms with Crippen LogP contribution in [0.25, 0.3) is 5.65 Å². The van der Waals surface area contributed by atoms with Crippen molar-refractivity contribution >= 4 is 23.2 Å². The molecule has 7 nitrogen and oxygen atoms in total. The Morgan fingerprint density at radius 3 is 2.45 bits per heavy atom.